The molecular formula is C21H23N3OS. The molecule has 3 rings (SSSR count). The quantitative estimate of drug-likeness (QED) is 0.627. The van der Waals surface area contributed by atoms with Crippen LogP contribution < -0.4 is 10.2 Å². The Hall–Kier alpha value is -2.66. The molecule has 3 aromatic rings. The lowest BCUT2D eigenvalue weighted by Gasteiger charge is -2.18. The van der Waals surface area contributed by atoms with E-state index in [9.17, 15) is 4.79 Å². The molecule has 0 fully saturated rings. The minimum absolute atomic E-state index is 0.165. The normalized spacial score (nSPS) is 10.6. The summed E-state index contributed by atoms with van der Waals surface area (Å²) in [4.78, 5) is 19.0. The number of hydrogen-bond acceptors (Lipinski definition) is 3. The topological polar surface area (TPSA) is 45.2 Å². The summed E-state index contributed by atoms with van der Waals surface area (Å²) in [6.45, 7) is 6.68. The van der Waals surface area contributed by atoms with E-state index in [1.807, 2.05) is 36.6 Å². The second kappa shape index (κ2) is 8.15. The van der Waals surface area contributed by atoms with Gasteiger partial charge in [0.05, 0.1) is 5.69 Å². The van der Waals surface area contributed by atoms with Crippen LogP contribution in [-0.2, 0) is 6.42 Å². The average molecular weight is 366 g/mol. The Morgan fingerprint density at radius 2 is 1.77 bits per heavy atom. The van der Waals surface area contributed by atoms with E-state index in [2.05, 4.69) is 48.4 Å². The largest absolute Gasteiger partial charge is 0.328 e. The van der Waals surface area contributed by atoms with Crippen molar-refractivity contribution < 1.29 is 4.79 Å². The Kier molecular flexibility index (Phi) is 5.68. The lowest BCUT2D eigenvalue weighted by molar-refractivity contribution is 0.257. The molecule has 134 valence electrons. The average Bonchev–Trinajstić information content (AvgIpc) is 3.13. The lowest BCUT2D eigenvalue weighted by Crippen LogP contribution is -2.34. The molecule has 0 aliphatic rings. The summed E-state index contributed by atoms with van der Waals surface area (Å²) in [5.74, 6) is 0. The molecule has 0 bridgehead atoms. The molecule has 0 saturated carbocycles. The third kappa shape index (κ3) is 4.11. The highest BCUT2D eigenvalue weighted by Crippen LogP contribution is 2.28. The number of nitrogens with zero attached hydrogens (tertiary/aromatic N) is 2. The van der Waals surface area contributed by atoms with Crippen LogP contribution in [0.1, 0.15) is 25.0 Å². The summed E-state index contributed by atoms with van der Waals surface area (Å²) in [5.41, 5.74) is 5.21. The van der Waals surface area contributed by atoms with E-state index in [1.165, 1.54) is 22.5 Å². The van der Waals surface area contributed by atoms with E-state index >= 15 is 0 Å². The van der Waals surface area contributed by atoms with Crippen LogP contribution in [0.5, 0.6) is 0 Å². The van der Waals surface area contributed by atoms with E-state index in [4.69, 9.17) is 0 Å². The first-order valence-electron chi connectivity index (χ1n) is 8.80. The smallest absolute Gasteiger partial charge is 0.307 e. The number of benzene rings is 2. The number of carbonyl (C=O) groups excluding carboxylic acids is 1. The first kappa shape index (κ1) is 18.1. The van der Waals surface area contributed by atoms with Crippen LogP contribution in [0.15, 0.2) is 53.9 Å². The van der Waals surface area contributed by atoms with Gasteiger partial charge in [0.25, 0.3) is 0 Å². The van der Waals surface area contributed by atoms with Crippen molar-refractivity contribution >= 4 is 28.2 Å². The molecule has 4 nitrogen and oxygen atoms in total. The maximum absolute atomic E-state index is 12.7. The number of carbonyl (C=O) groups is 1. The van der Waals surface area contributed by atoms with Gasteiger partial charge < -0.3 is 5.32 Å². The van der Waals surface area contributed by atoms with Gasteiger partial charge in [0, 0.05) is 23.2 Å². The summed E-state index contributed by atoms with van der Waals surface area (Å²) in [6.07, 6.45) is 0.982. The second-order valence-corrected chi connectivity index (χ2v) is 6.94. The van der Waals surface area contributed by atoms with Crippen LogP contribution >= 0.6 is 11.3 Å². The molecule has 1 heterocycles. The fourth-order valence-electron chi connectivity index (χ4n) is 2.63. The Bertz CT molecular complexity index is 869. The number of aryl methyl sites for hydroxylation is 2. The highest BCUT2D eigenvalue weighted by atomic mass is 32.1. The minimum atomic E-state index is -0.165. The number of amides is 2. The van der Waals surface area contributed by atoms with Crippen molar-refractivity contribution in [1.82, 2.24) is 4.98 Å². The summed E-state index contributed by atoms with van der Waals surface area (Å²) < 4.78 is 0. The molecule has 0 atom stereocenters. The number of aromatic nitrogens is 1. The number of rotatable bonds is 5. The molecule has 1 aromatic heterocycles. The maximum atomic E-state index is 12.7. The van der Waals surface area contributed by atoms with Crippen LogP contribution in [0.4, 0.5) is 15.6 Å². The lowest BCUT2D eigenvalue weighted by atomic mass is 10.1. The first-order chi connectivity index (χ1) is 12.6. The molecule has 2 aromatic carbocycles. The highest BCUT2D eigenvalue weighted by molar-refractivity contribution is 7.14. The van der Waals surface area contributed by atoms with E-state index in [0.29, 0.717) is 11.7 Å². The van der Waals surface area contributed by atoms with E-state index in [-0.39, 0.29) is 6.03 Å². The Morgan fingerprint density at radius 1 is 1.08 bits per heavy atom. The Morgan fingerprint density at radius 3 is 2.38 bits per heavy atom. The molecular weight excluding hydrogens is 342 g/mol. The summed E-state index contributed by atoms with van der Waals surface area (Å²) >= 11 is 1.48. The predicted molar refractivity (Wildman–Crippen MR) is 110 cm³/mol. The van der Waals surface area contributed by atoms with Gasteiger partial charge >= 0.3 is 6.03 Å². The number of anilines is 2. The molecule has 0 saturated heterocycles. The molecule has 2 amide bonds. The van der Waals surface area contributed by atoms with Crippen molar-refractivity contribution in [3.05, 3.63) is 65.0 Å². The number of thiazole rings is 1. The molecule has 26 heavy (non-hydrogen) atoms. The molecule has 0 spiro atoms. The third-order valence-electron chi connectivity index (χ3n) is 4.25. The Labute approximate surface area is 158 Å². The number of hydrogen-bond donors (Lipinski definition) is 1. The second-order valence-electron chi connectivity index (χ2n) is 6.11. The van der Waals surface area contributed by atoms with Gasteiger partial charge in [-0.1, -0.05) is 48.9 Å². The highest BCUT2D eigenvalue weighted by Gasteiger charge is 2.18. The fourth-order valence-corrected chi connectivity index (χ4v) is 3.52. The van der Waals surface area contributed by atoms with Crippen LogP contribution in [0.2, 0.25) is 0 Å². The van der Waals surface area contributed by atoms with E-state index < -0.39 is 0 Å². The van der Waals surface area contributed by atoms with E-state index in [0.717, 1.165) is 23.4 Å². The van der Waals surface area contributed by atoms with Gasteiger partial charge in [-0.25, -0.2) is 9.78 Å². The summed E-state index contributed by atoms with van der Waals surface area (Å²) in [5, 5.41) is 5.64. The molecule has 0 unspecified atom stereocenters. The zero-order valence-electron chi connectivity index (χ0n) is 15.3. The third-order valence-corrected chi connectivity index (χ3v) is 5.11. The first-order valence-corrected chi connectivity index (χ1v) is 9.68. The Balaban J connectivity index is 1.75. The molecule has 0 radical (unpaired) electrons. The van der Waals surface area contributed by atoms with Crippen LogP contribution in [-0.4, -0.2) is 17.6 Å². The van der Waals surface area contributed by atoms with Gasteiger partial charge in [0.15, 0.2) is 5.13 Å². The van der Waals surface area contributed by atoms with Crippen molar-refractivity contribution in [2.45, 2.75) is 27.2 Å². The van der Waals surface area contributed by atoms with Crippen molar-refractivity contribution in [3.63, 3.8) is 0 Å². The van der Waals surface area contributed by atoms with Gasteiger partial charge in [-0.05, 0) is 38.0 Å². The van der Waals surface area contributed by atoms with Gasteiger partial charge in [-0.3, -0.25) is 4.90 Å². The fraction of sp³-hybridized carbons (Fsp3) is 0.238. The van der Waals surface area contributed by atoms with Gasteiger partial charge in [-0.2, -0.15) is 0 Å². The van der Waals surface area contributed by atoms with Crippen molar-refractivity contribution in [2.24, 2.45) is 0 Å². The predicted octanol–water partition coefficient (Wildman–Crippen LogP) is 5.74. The number of nitrogens with one attached hydrogen (secondary N) is 1. The van der Waals surface area contributed by atoms with Crippen molar-refractivity contribution in [2.75, 3.05) is 16.8 Å². The monoisotopic (exact) mass is 365 g/mol. The zero-order chi connectivity index (χ0) is 18.5. The minimum Gasteiger partial charge on any atom is -0.307 e. The molecule has 0 aliphatic heterocycles. The van der Waals surface area contributed by atoms with Crippen molar-refractivity contribution in [1.29, 1.82) is 0 Å². The van der Waals surface area contributed by atoms with Crippen molar-refractivity contribution in [3.8, 4) is 11.3 Å². The summed E-state index contributed by atoms with van der Waals surface area (Å²) in [7, 11) is 0. The van der Waals surface area contributed by atoms with Crippen LogP contribution in [0.3, 0.4) is 0 Å². The summed E-state index contributed by atoms with van der Waals surface area (Å²) in [6, 6.07) is 16.0. The molecule has 0 aliphatic carbocycles. The van der Waals surface area contributed by atoms with Gasteiger partial charge in [0.1, 0.15) is 0 Å². The van der Waals surface area contributed by atoms with Crippen LogP contribution in [0.25, 0.3) is 11.3 Å². The number of urea groups is 1. The SMILES string of the molecule is CCc1ccc(NC(=O)N(CC)c2nc(-c3ccc(C)cc3)cs2)cc1. The molecule has 1 N–H and O–H groups in total. The maximum Gasteiger partial charge on any atom is 0.328 e. The standard InChI is InChI=1S/C21H23N3OS/c1-4-16-8-12-18(13-9-16)22-20(25)24(5-2)21-23-19(14-26-21)17-10-6-15(3)7-11-17/h6-14H,4-5H2,1-3H3,(H,22,25). The van der Waals surface area contributed by atoms with Crippen LogP contribution in [0, 0.1) is 6.92 Å². The zero-order valence-corrected chi connectivity index (χ0v) is 16.1. The van der Waals surface area contributed by atoms with Gasteiger partial charge in [-0.15, -0.1) is 11.3 Å². The van der Waals surface area contributed by atoms with Gasteiger partial charge in [0.2, 0.25) is 0 Å². The molecule has 5 heteroatoms. The van der Waals surface area contributed by atoms with E-state index in [1.54, 1.807) is 4.90 Å².